The van der Waals surface area contributed by atoms with Crippen molar-refractivity contribution in [2.75, 3.05) is 17.7 Å². The predicted molar refractivity (Wildman–Crippen MR) is 72.1 cm³/mol. The molecule has 2 aromatic rings. The van der Waals surface area contributed by atoms with Gasteiger partial charge in [0.1, 0.15) is 6.33 Å². The number of nitrogens with two attached hydrogens (primary N) is 1. The number of carbonyl (C=O) groups excluding carboxylic acids is 1. The number of hydrogen-bond acceptors (Lipinski definition) is 6. The van der Waals surface area contributed by atoms with Gasteiger partial charge in [-0.05, 0) is 25.1 Å². The summed E-state index contributed by atoms with van der Waals surface area (Å²) >= 11 is 0. The number of nitrogens with zero attached hydrogens (tertiary/aromatic N) is 2. The maximum Gasteiger partial charge on any atom is 0.338 e. The maximum atomic E-state index is 11.5. The lowest BCUT2D eigenvalue weighted by Gasteiger charge is -2.10. The van der Waals surface area contributed by atoms with Gasteiger partial charge in [0.2, 0.25) is 0 Å². The minimum Gasteiger partial charge on any atom is -0.462 e. The number of rotatable bonds is 4. The molecule has 2 rings (SSSR count). The SMILES string of the molecule is CCOC(=O)c1ccc(Nc2cncnc2)c(N)c1. The van der Waals surface area contributed by atoms with E-state index in [0.717, 1.165) is 5.69 Å². The molecule has 98 valence electrons. The third kappa shape index (κ3) is 3.19. The molecule has 0 atom stereocenters. The third-order valence-corrected chi connectivity index (χ3v) is 2.40. The van der Waals surface area contributed by atoms with Crippen LogP contribution >= 0.6 is 0 Å². The first-order valence-electron chi connectivity index (χ1n) is 5.79. The molecule has 0 aliphatic carbocycles. The van der Waals surface area contributed by atoms with Crippen LogP contribution in [0.25, 0.3) is 0 Å². The highest BCUT2D eigenvalue weighted by Gasteiger charge is 2.09. The van der Waals surface area contributed by atoms with E-state index in [9.17, 15) is 4.79 Å². The first-order valence-corrected chi connectivity index (χ1v) is 5.79. The molecule has 0 aliphatic heterocycles. The van der Waals surface area contributed by atoms with Crippen LogP contribution in [0.15, 0.2) is 36.9 Å². The highest BCUT2D eigenvalue weighted by molar-refractivity contribution is 5.92. The number of benzene rings is 1. The van der Waals surface area contributed by atoms with E-state index in [1.807, 2.05) is 0 Å². The number of carbonyl (C=O) groups is 1. The van der Waals surface area contributed by atoms with E-state index in [0.29, 0.717) is 23.5 Å². The van der Waals surface area contributed by atoms with Gasteiger partial charge in [0.05, 0.1) is 41.6 Å². The van der Waals surface area contributed by atoms with Crippen molar-refractivity contribution in [1.82, 2.24) is 9.97 Å². The van der Waals surface area contributed by atoms with Crippen LogP contribution in [0.1, 0.15) is 17.3 Å². The number of anilines is 3. The summed E-state index contributed by atoms with van der Waals surface area (Å²) in [5, 5.41) is 3.07. The second-order valence-corrected chi connectivity index (χ2v) is 3.77. The second-order valence-electron chi connectivity index (χ2n) is 3.77. The predicted octanol–water partition coefficient (Wildman–Crippen LogP) is 1.98. The molecule has 1 aromatic carbocycles. The molecule has 0 saturated carbocycles. The van der Waals surface area contributed by atoms with Crippen molar-refractivity contribution in [3.8, 4) is 0 Å². The lowest BCUT2D eigenvalue weighted by Crippen LogP contribution is -2.06. The van der Waals surface area contributed by atoms with Crippen LogP contribution in [0.5, 0.6) is 0 Å². The van der Waals surface area contributed by atoms with Crippen LogP contribution < -0.4 is 11.1 Å². The van der Waals surface area contributed by atoms with Gasteiger partial charge >= 0.3 is 5.97 Å². The van der Waals surface area contributed by atoms with Crippen LogP contribution in [0.4, 0.5) is 17.1 Å². The van der Waals surface area contributed by atoms with Gasteiger partial charge in [0.15, 0.2) is 0 Å². The molecule has 0 amide bonds. The molecule has 0 fully saturated rings. The van der Waals surface area contributed by atoms with Gasteiger partial charge in [-0.25, -0.2) is 14.8 Å². The van der Waals surface area contributed by atoms with E-state index in [1.165, 1.54) is 6.33 Å². The molecular formula is C13H14N4O2. The Balaban J connectivity index is 2.18. The van der Waals surface area contributed by atoms with Gasteiger partial charge in [-0.15, -0.1) is 0 Å². The van der Waals surface area contributed by atoms with Crippen molar-refractivity contribution in [2.24, 2.45) is 0 Å². The average Bonchev–Trinajstić information content (AvgIpc) is 2.42. The van der Waals surface area contributed by atoms with E-state index in [2.05, 4.69) is 15.3 Å². The summed E-state index contributed by atoms with van der Waals surface area (Å²) in [5.41, 5.74) is 8.17. The van der Waals surface area contributed by atoms with E-state index in [-0.39, 0.29) is 5.97 Å². The van der Waals surface area contributed by atoms with Crippen molar-refractivity contribution in [1.29, 1.82) is 0 Å². The summed E-state index contributed by atoms with van der Waals surface area (Å²) in [6.45, 7) is 2.09. The highest BCUT2D eigenvalue weighted by Crippen LogP contribution is 2.23. The Labute approximate surface area is 110 Å². The average molecular weight is 258 g/mol. The van der Waals surface area contributed by atoms with E-state index < -0.39 is 0 Å². The number of ether oxygens (including phenoxy) is 1. The Morgan fingerprint density at radius 3 is 2.74 bits per heavy atom. The summed E-state index contributed by atoms with van der Waals surface area (Å²) in [7, 11) is 0. The second kappa shape index (κ2) is 5.81. The number of nitrogen functional groups attached to an aromatic ring is 1. The minimum absolute atomic E-state index is 0.333. The van der Waals surface area contributed by atoms with E-state index >= 15 is 0 Å². The molecule has 6 nitrogen and oxygen atoms in total. The Morgan fingerprint density at radius 1 is 1.37 bits per heavy atom. The lowest BCUT2D eigenvalue weighted by molar-refractivity contribution is 0.0526. The normalized spacial score (nSPS) is 9.95. The van der Waals surface area contributed by atoms with E-state index in [4.69, 9.17) is 10.5 Å². The lowest BCUT2D eigenvalue weighted by atomic mass is 10.1. The Kier molecular flexibility index (Phi) is 3.92. The molecule has 0 aliphatic rings. The van der Waals surface area contributed by atoms with Gasteiger partial charge in [-0.1, -0.05) is 0 Å². The fraction of sp³-hybridized carbons (Fsp3) is 0.154. The monoisotopic (exact) mass is 258 g/mol. The Morgan fingerprint density at radius 2 is 2.11 bits per heavy atom. The Bertz CT molecular complexity index is 572. The fourth-order valence-corrected chi connectivity index (χ4v) is 1.54. The van der Waals surface area contributed by atoms with Crippen LogP contribution in [0.2, 0.25) is 0 Å². The van der Waals surface area contributed by atoms with E-state index in [1.54, 1.807) is 37.5 Å². The molecule has 3 N–H and O–H groups in total. The van der Waals surface area contributed by atoms with Crippen LogP contribution in [0, 0.1) is 0 Å². The number of nitrogens with one attached hydrogen (secondary N) is 1. The molecular weight excluding hydrogens is 244 g/mol. The van der Waals surface area contributed by atoms with Crippen molar-refractivity contribution >= 4 is 23.0 Å². The number of aromatic nitrogens is 2. The zero-order chi connectivity index (χ0) is 13.7. The minimum atomic E-state index is -0.385. The van der Waals surface area contributed by atoms with Gasteiger partial charge in [0, 0.05) is 0 Å². The van der Waals surface area contributed by atoms with Gasteiger partial charge in [-0.2, -0.15) is 0 Å². The molecule has 0 unspecified atom stereocenters. The summed E-state index contributed by atoms with van der Waals surface area (Å²) in [4.78, 5) is 19.3. The van der Waals surface area contributed by atoms with Crippen molar-refractivity contribution in [3.63, 3.8) is 0 Å². The van der Waals surface area contributed by atoms with Gasteiger partial charge < -0.3 is 15.8 Å². The molecule has 1 heterocycles. The Hall–Kier alpha value is -2.63. The molecule has 1 aromatic heterocycles. The molecule has 19 heavy (non-hydrogen) atoms. The van der Waals surface area contributed by atoms with Crippen LogP contribution in [-0.2, 0) is 4.74 Å². The molecule has 0 spiro atoms. The summed E-state index contributed by atoms with van der Waals surface area (Å²) < 4.78 is 4.91. The molecule has 0 bridgehead atoms. The molecule has 6 heteroatoms. The smallest absolute Gasteiger partial charge is 0.338 e. The first kappa shape index (κ1) is 12.8. The van der Waals surface area contributed by atoms with Crippen molar-refractivity contribution in [3.05, 3.63) is 42.5 Å². The standard InChI is InChI=1S/C13H14N4O2/c1-2-19-13(18)9-3-4-12(11(14)5-9)17-10-6-15-8-16-7-10/h3-8,17H,2,14H2,1H3. The first-order chi connectivity index (χ1) is 9.20. The number of hydrogen-bond donors (Lipinski definition) is 2. The quantitative estimate of drug-likeness (QED) is 0.643. The van der Waals surface area contributed by atoms with Crippen LogP contribution in [-0.4, -0.2) is 22.5 Å². The molecule has 0 saturated heterocycles. The van der Waals surface area contributed by atoms with Gasteiger partial charge in [0.25, 0.3) is 0 Å². The van der Waals surface area contributed by atoms with Crippen LogP contribution in [0.3, 0.4) is 0 Å². The maximum absolute atomic E-state index is 11.5. The highest BCUT2D eigenvalue weighted by atomic mass is 16.5. The zero-order valence-electron chi connectivity index (χ0n) is 10.5. The van der Waals surface area contributed by atoms with Crippen molar-refractivity contribution < 1.29 is 9.53 Å². The van der Waals surface area contributed by atoms with Gasteiger partial charge in [-0.3, -0.25) is 0 Å². The fourth-order valence-electron chi connectivity index (χ4n) is 1.54. The summed E-state index contributed by atoms with van der Waals surface area (Å²) in [5.74, 6) is -0.385. The topological polar surface area (TPSA) is 90.1 Å². The molecule has 0 radical (unpaired) electrons. The summed E-state index contributed by atoms with van der Waals surface area (Å²) in [6.07, 6.45) is 4.70. The largest absolute Gasteiger partial charge is 0.462 e. The third-order valence-electron chi connectivity index (χ3n) is 2.40. The zero-order valence-corrected chi connectivity index (χ0v) is 10.5. The summed E-state index contributed by atoms with van der Waals surface area (Å²) in [6, 6.07) is 4.94. The number of esters is 1. The van der Waals surface area contributed by atoms with Crippen molar-refractivity contribution in [2.45, 2.75) is 6.92 Å².